The van der Waals surface area contributed by atoms with Crippen molar-refractivity contribution in [3.8, 4) is 0 Å². The van der Waals surface area contributed by atoms with Crippen LogP contribution in [-0.2, 0) is 10.7 Å². The first kappa shape index (κ1) is 13.4. The Morgan fingerprint density at radius 2 is 1.67 bits per heavy atom. The van der Waals surface area contributed by atoms with Crippen molar-refractivity contribution < 1.29 is 8.42 Å². The van der Waals surface area contributed by atoms with E-state index >= 15 is 0 Å². The van der Waals surface area contributed by atoms with Gasteiger partial charge in [0.2, 0.25) is 0 Å². The van der Waals surface area contributed by atoms with Crippen molar-refractivity contribution in [1.82, 2.24) is 4.98 Å². The Hall–Kier alpha value is -2.60. The van der Waals surface area contributed by atoms with Gasteiger partial charge in [-0.25, -0.2) is 8.42 Å². The Morgan fingerprint density at radius 3 is 2.38 bits per heavy atom. The Balaban J connectivity index is 1.97. The molecular formula is C15H12N2O3S. The van der Waals surface area contributed by atoms with E-state index in [1.165, 1.54) is 12.1 Å². The maximum Gasteiger partial charge on any atom is 0.272 e. The minimum atomic E-state index is -2.59. The highest BCUT2D eigenvalue weighted by molar-refractivity contribution is 7.72. The number of thiol groups is 1. The van der Waals surface area contributed by atoms with E-state index in [1.54, 1.807) is 18.2 Å². The molecule has 3 aromatic rings. The second-order valence-corrected chi connectivity index (χ2v) is 5.56. The second kappa shape index (κ2) is 5.41. The summed E-state index contributed by atoms with van der Waals surface area (Å²) in [5.74, 6) is 0. The lowest BCUT2D eigenvalue weighted by Gasteiger charge is -2.07. The Labute approximate surface area is 122 Å². The Bertz CT molecular complexity index is 920. The molecule has 1 aromatic heterocycles. The summed E-state index contributed by atoms with van der Waals surface area (Å²) in [6, 6.07) is 15.5. The van der Waals surface area contributed by atoms with Crippen molar-refractivity contribution >= 4 is 33.0 Å². The lowest BCUT2D eigenvalue weighted by Crippen LogP contribution is -2.11. The van der Waals surface area contributed by atoms with Gasteiger partial charge in [0.1, 0.15) is 5.69 Å². The van der Waals surface area contributed by atoms with Crippen LogP contribution in [-0.4, -0.2) is 13.4 Å². The van der Waals surface area contributed by atoms with E-state index < -0.39 is 10.7 Å². The molecule has 0 spiro atoms. The number of para-hydroxylation sites is 1. The highest BCUT2D eigenvalue weighted by Crippen LogP contribution is 2.18. The van der Waals surface area contributed by atoms with Gasteiger partial charge in [-0.1, -0.05) is 18.2 Å². The lowest BCUT2D eigenvalue weighted by atomic mass is 10.2. The predicted molar refractivity (Wildman–Crippen MR) is 82.9 cm³/mol. The summed E-state index contributed by atoms with van der Waals surface area (Å²) in [7, 11) is -2.59. The number of pyridine rings is 1. The van der Waals surface area contributed by atoms with E-state index in [0.717, 1.165) is 10.9 Å². The SMILES string of the molecule is O=c1[nH]c2ccccc2cc1Nc1ccc([SH](=O)=O)cc1. The first-order valence-electron chi connectivity index (χ1n) is 6.27. The molecular weight excluding hydrogens is 288 g/mol. The number of aromatic amines is 1. The zero-order valence-electron chi connectivity index (χ0n) is 10.9. The number of hydrogen-bond acceptors (Lipinski definition) is 4. The number of benzene rings is 2. The third kappa shape index (κ3) is 2.80. The van der Waals surface area contributed by atoms with Crippen LogP contribution in [0.5, 0.6) is 0 Å². The van der Waals surface area contributed by atoms with Crippen molar-refractivity contribution in [2.24, 2.45) is 0 Å². The summed E-state index contributed by atoms with van der Waals surface area (Å²) in [4.78, 5) is 15.0. The van der Waals surface area contributed by atoms with E-state index in [1.807, 2.05) is 24.3 Å². The molecule has 2 aromatic carbocycles. The number of rotatable bonds is 3. The summed E-state index contributed by atoms with van der Waals surface area (Å²) < 4.78 is 21.7. The molecule has 0 fully saturated rings. The molecule has 1 heterocycles. The fourth-order valence-corrected chi connectivity index (χ4v) is 2.45. The van der Waals surface area contributed by atoms with Crippen LogP contribution in [0.4, 0.5) is 11.4 Å². The standard InChI is InChI=1S/C15H12N2O3S/c18-15-14(9-10-3-1-2-4-13(10)17-15)16-11-5-7-12(8-6-11)21(19)20/h1-9,16,21H,(H,17,18). The number of H-pyrrole nitrogens is 1. The van der Waals surface area contributed by atoms with E-state index in [4.69, 9.17) is 0 Å². The first-order valence-corrected chi connectivity index (χ1v) is 7.45. The van der Waals surface area contributed by atoms with E-state index in [9.17, 15) is 13.2 Å². The highest BCUT2D eigenvalue weighted by Gasteiger charge is 2.03. The van der Waals surface area contributed by atoms with Gasteiger partial charge in [0.05, 0.1) is 4.90 Å². The van der Waals surface area contributed by atoms with Gasteiger partial charge in [-0.05, 0) is 36.4 Å². The van der Waals surface area contributed by atoms with E-state index in [-0.39, 0.29) is 10.5 Å². The van der Waals surface area contributed by atoms with Crippen LogP contribution in [0.2, 0.25) is 0 Å². The van der Waals surface area contributed by atoms with Crippen molar-refractivity contribution in [1.29, 1.82) is 0 Å². The molecule has 2 N–H and O–H groups in total. The molecule has 0 atom stereocenters. The number of anilines is 2. The van der Waals surface area contributed by atoms with Gasteiger partial charge in [-0.3, -0.25) is 4.79 Å². The minimum Gasteiger partial charge on any atom is -0.351 e. The molecule has 0 saturated heterocycles. The van der Waals surface area contributed by atoms with Crippen LogP contribution in [0.25, 0.3) is 10.9 Å². The van der Waals surface area contributed by atoms with Gasteiger partial charge in [0, 0.05) is 16.6 Å². The zero-order chi connectivity index (χ0) is 14.8. The molecule has 0 aliphatic rings. The van der Waals surface area contributed by atoms with Crippen molar-refractivity contribution in [2.75, 3.05) is 5.32 Å². The van der Waals surface area contributed by atoms with Crippen LogP contribution >= 0.6 is 0 Å². The minimum absolute atomic E-state index is 0.229. The first-order chi connectivity index (χ1) is 10.1. The molecule has 3 rings (SSSR count). The largest absolute Gasteiger partial charge is 0.351 e. The van der Waals surface area contributed by atoms with Crippen LogP contribution < -0.4 is 10.9 Å². The average Bonchev–Trinajstić information content (AvgIpc) is 2.48. The van der Waals surface area contributed by atoms with Gasteiger partial charge in [-0.2, -0.15) is 0 Å². The van der Waals surface area contributed by atoms with Crippen LogP contribution in [0.1, 0.15) is 0 Å². The van der Waals surface area contributed by atoms with Gasteiger partial charge in [0.25, 0.3) is 5.56 Å². The van der Waals surface area contributed by atoms with E-state index in [2.05, 4.69) is 10.3 Å². The molecule has 0 aliphatic heterocycles. The predicted octanol–water partition coefficient (Wildman–Crippen LogP) is 2.24. The number of hydrogen-bond donors (Lipinski definition) is 3. The molecule has 0 radical (unpaired) electrons. The van der Waals surface area contributed by atoms with Crippen LogP contribution in [0, 0.1) is 0 Å². The summed E-state index contributed by atoms with van der Waals surface area (Å²) in [6.45, 7) is 0. The molecule has 6 heteroatoms. The molecule has 21 heavy (non-hydrogen) atoms. The summed E-state index contributed by atoms with van der Waals surface area (Å²) >= 11 is 0. The Morgan fingerprint density at radius 1 is 0.952 bits per heavy atom. The van der Waals surface area contributed by atoms with Crippen LogP contribution in [0.15, 0.2) is 64.3 Å². The number of fused-ring (bicyclic) bond motifs is 1. The summed E-state index contributed by atoms with van der Waals surface area (Å²) in [6.07, 6.45) is 0. The lowest BCUT2D eigenvalue weighted by molar-refractivity contribution is 0.614. The molecule has 5 nitrogen and oxygen atoms in total. The van der Waals surface area contributed by atoms with Gasteiger partial charge in [-0.15, -0.1) is 0 Å². The topological polar surface area (TPSA) is 79.0 Å². The fraction of sp³-hybridized carbons (Fsp3) is 0. The average molecular weight is 300 g/mol. The quantitative estimate of drug-likeness (QED) is 0.648. The third-order valence-electron chi connectivity index (χ3n) is 3.11. The highest BCUT2D eigenvalue weighted by atomic mass is 32.2. The van der Waals surface area contributed by atoms with Crippen LogP contribution in [0.3, 0.4) is 0 Å². The molecule has 0 saturated carbocycles. The monoisotopic (exact) mass is 300 g/mol. The van der Waals surface area contributed by atoms with Gasteiger partial charge < -0.3 is 10.3 Å². The van der Waals surface area contributed by atoms with Gasteiger partial charge in [0.15, 0.2) is 10.7 Å². The normalized spacial score (nSPS) is 10.9. The van der Waals surface area contributed by atoms with Gasteiger partial charge >= 0.3 is 0 Å². The maximum absolute atomic E-state index is 12.0. The molecule has 0 unspecified atom stereocenters. The molecule has 106 valence electrons. The van der Waals surface area contributed by atoms with Crippen molar-refractivity contribution in [2.45, 2.75) is 4.90 Å². The molecule has 0 bridgehead atoms. The fourth-order valence-electron chi connectivity index (χ4n) is 2.06. The molecule has 0 aliphatic carbocycles. The van der Waals surface area contributed by atoms with E-state index in [0.29, 0.717) is 11.4 Å². The number of nitrogens with one attached hydrogen (secondary N) is 2. The number of aromatic nitrogens is 1. The van der Waals surface area contributed by atoms with Crippen molar-refractivity contribution in [3.05, 3.63) is 65.0 Å². The molecule has 0 amide bonds. The third-order valence-corrected chi connectivity index (χ3v) is 3.83. The maximum atomic E-state index is 12.0. The van der Waals surface area contributed by atoms with Crippen molar-refractivity contribution in [3.63, 3.8) is 0 Å². The second-order valence-electron chi connectivity index (χ2n) is 4.53. The zero-order valence-corrected chi connectivity index (χ0v) is 11.8. The summed E-state index contributed by atoms with van der Waals surface area (Å²) in [5, 5.41) is 3.91. The Kier molecular flexibility index (Phi) is 3.45. The summed E-state index contributed by atoms with van der Waals surface area (Å²) in [5.41, 5.74) is 1.60. The smallest absolute Gasteiger partial charge is 0.272 e.